The summed E-state index contributed by atoms with van der Waals surface area (Å²) in [6.45, 7) is 8.18. The number of amides is 1. The molecule has 0 heterocycles. The van der Waals surface area contributed by atoms with Gasteiger partial charge in [-0.1, -0.05) is 43.5 Å². The van der Waals surface area contributed by atoms with Gasteiger partial charge in [0, 0.05) is 22.5 Å². The molecule has 7 heteroatoms. The maximum Gasteiger partial charge on any atom is 0.236 e. The molecular formula is C17H24Br2ClNO3. The molecule has 24 heavy (non-hydrogen) atoms. The SMILES string of the molecule is Cc1cc(Cl)cc(Br)c1CC(O)CNC(=O)C(Br)COC(C)(C)C. The normalized spacial score (nSPS) is 14.3. The molecule has 0 bridgehead atoms. The summed E-state index contributed by atoms with van der Waals surface area (Å²) in [7, 11) is 0. The van der Waals surface area contributed by atoms with E-state index in [9.17, 15) is 9.90 Å². The molecule has 0 aliphatic heterocycles. The highest BCUT2D eigenvalue weighted by Crippen LogP contribution is 2.26. The van der Waals surface area contributed by atoms with Crippen LogP contribution in [0.1, 0.15) is 31.9 Å². The van der Waals surface area contributed by atoms with E-state index in [0.29, 0.717) is 11.4 Å². The summed E-state index contributed by atoms with van der Waals surface area (Å²) in [4.78, 5) is 11.6. The van der Waals surface area contributed by atoms with Crippen LogP contribution in [-0.2, 0) is 16.0 Å². The fourth-order valence-electron chi connectivity index (χ4n) is 2.03. The van der Waals surface area contributed by atoms with Crippen LogP contribution in [0.5, 0.6) is 0 Å². The minimum atomic E-state index is -0.687. The van der Waals surface area contributed by atoms with Crippen molar-refractivity contribution < 1.29 is 14.6 Å². The molecule has 0 radical (unpaired) electrons. The molecule has 0 saturated carbocycles. The lowest BCUT2D eigenvalue weighted by molar-refractivity contribution is -0.122. The molecule has 0 fully saturated rings. The summed E-state index contributed by atoms with van der Waals surface area (Å²) < 4.78 is 6.42. The highest BCUT2D eigenvalue weighted by atomic mass is 79.9. The summed E-state index contributed by atoms with van der Waals surface area (Å²) in [6.07, 6.45) is -0.261. The molecule has 1 aromatic carbocycles. The predicted molar refractivity (Wildman–Crippen MR) is 105 cm³/mol. The highest BCUT2D eigenvalue weighted by molar-refractivity contribution is 9.10. The molecule has 2 unspecified atom stereocenters. The van der Waals surface area contributed by atoms with Gasteiger partial charge >= 0.3 is 0 Å². The number of hydrogen-bond donors (Lipinski definition) is 2. The molecule has 1 amide bonds. The number of aliphatic hydroxyl groups excluding tert-OH is 1. The van der Waals surface area contributed by atoms with Crippen LogP contribution in [0.3, 0.4) is 0 Å². The third kappa shape index (κ3) is 7.83. The minimum Gasteiger partial charge on any atom is -0.391 e. The Balaban J connectivity index is 2.49. The number of halogens is 3. The van der Waals surface area contributed by atoms with Crippen molar-refractivity contribution in [2.75, 3.05) is 13.2 Å². The fourth-order valence-corrected chi connectivity index (χ4v) is 3.45. The Morgan fingerprint density at radius 3 is 2.58 bits per heavy atom. The van der Waals surface area contributed by atoms with E-state index in [1.165, 1.54) is 0 Å². The lowest BCUT2D eigenvalue weighted by atomic mass is 10.0. The summed E-state index contributed by atoms with van der Waals surface area (Å²) in [5, 5.41) is 13.6. The standard InChI is InChI=1S/C17H24Br2ClNO3/c1-10-5-11(20)6-14(18)13(10)7-12(22)8-21-16(23)15(19)9-24-17(2,3)4/h5-6,12,15,22H,7-9H2,1-4H3,(H,21,23). The molecule has 2 N–H and O–H groups in total. The van der Waals surface area contributed by atoms with E-state index >= 15 is 0 Å². The van der Waals surface area contributed by atoms with Crippen LogP contribution >= 0.6 is 43.5 Å². The van der Waals surface area contributed by atoms with Crippen molar-refractivity contribution in [3.8, 4) is 0 Å². The van der Waals surface area contributed by atoms with E-state index in [2.05, 4.69) is 37.2 Å². The van der Waals surface area contributed by atoms with Crippen molar-refractivity contribution >= 4 is 49.4 Å². The van der Waals surface area contributed by atoms with Gasteiger partial charge in [0.15, 0.2) is 0 Å². The average Bonchev–Trinajstić information content (AvgIpc) is 2.45. The smallest absolute Gasteiger partial charge is 0.236 e. The van der Waals surface area contributed by atoms with Crippen LogP contribution in [0, 0.1) is 6.92 Å². The Kier molecular flexibility index (Phi) is 8.70. The average molecular weight is 486 g/mol. The van der Waals surface area contributed by atoms with Crippen LogP contribution < -0.4 is 5.32 Å². The topological polar surface area (TPSA) is 58.6 Å². The molecule has 1 aromatic rings. The molecule has 1 rings (SSSR count). The van der Waals surface area contributed by atoms with Gasteiger partial charge in [0.25, 0.3) is 0 Å². The molecule has 136 valence electrons. The van der Waals surface area contributed by atoms with Gasteiger partial charge in [-0.15, -0.1) is 0 Å². The Morgan fingerprint density at radius 1 is 1.42 bits per heavy atom. The monoisotopic (exact) mass is 483 g/mol. The van der Waals surface area contributed by atoms with Gasteiger partial charge in [0.2, 0.25) is 5.91 Å². The van der Waals surface area contributed by atoms with Crippen LogP contribution in [0.25, 0.3) is 0 Å². The second-order valence-corrected chi connectivity index (χ2v) is 9.07. The van der Waals surface area contributed by atoms with Gasteiger partial charge in [-0.25, -0.2) is 0 Å². The Morgan fingerprint density at radius 2 is 2.04 bits per heavy atom. The number of carbonyl (C=O) groups is 1. The number of nitrogens with one attached hydrogen (secondary N) is 1. The maximum absolute atomic E-state index is 12.0. The number of ether oxygens (including phenoxy) is 1. The van der Waals surface area contributed by atoms with E-state index in [4.69, 9.17) is 16.3 Å². The van der Waals surface area contributed by atoms with Crippen LogP contribution in [0.15, 0.2) is 16.6 Å². The molecule has 4 nitrogen and oxygen atoms in total. The second-order valence-electron chi connectivity index (χ2n) is 6.68. The van der Waals surface area contributed by atoms with Crippen LogP contribution in [-0.4, -0.2) is 40.7 Å². The number of alkyl halides is 1. The Labute approximate surface area is 165 Å². The van der Waals surface area contributed by atoms with E-state index in [1.54, 1.807) is 6.07 Å². The summed E-state index contributed by atoms with van der Waals surface area (Å²) in [5.74, 6) is -0.204. The second kappa shape index (κ2) is 9.53. The van der Waals surface area contributed by atoms with Crippen molar-refractivity contribution in [3.05, 3.63) is 32.8 Å². The van der Waals surface area contributed by atoms with Crippen LogP contribution in [0.2, 0.25) is 5.02 Å². The lowest BCUT2D eigenvalue weighted by Gasteiger charge is -2.22. The van der Waals surface area contributed by atoms with Gasteiger partial charge in [-0.3, -0.25) is 4.79 Å². The van der Waals surface area contributed by atoms with Crippen molar-refractivity contribution in [2.24, 2.45) is 0 Å². The van der Waals surface area contributed by atoms with E-state index < -0.39 is 10.9 Å². The Hall–Kier alpha value is -0.140. The first-order valence-corrected chi connectivity index (χ1v) is 9.76. The highest BCUT2D eigenvalue weighted by Gasteiger charge is 2.20. The number of aryl methyl sites for hydroxylation is 1. The van der Waals surface area contributed by atoms with E-state index in [0.717, 1.165) is 15.6 Å². The minimum absolute atomic E-state index is 0.172. The lowest BCUT2D eigenvalue weighted by Crippen LogP contribution is -2.40. The van der Waals surface area contributed by atoms with Crippen molar-refractivity contribution in [3.63, 3.8) is 0 Å². The molecule has 0 aliphatic carbocycles. The van der Waals surface area contributed by atoms with E-state index in [-0.39, 0.29) is 24.7 Å². The quantitative estimate of drug-likeness (QED) is 0.574. The third-order valence-electron chi connectivity index (χ3n) is 3.28. The number of benzene rings is 1. The summed E-state index contributed by atoms with van der Waals surface area (Å²) >= 11 is 12.8. The summed E-state index contributed by atoms with van der Waals surface area (Å²) in [5.41, 5.74) is 1.67. The number of aliphatic hydroxyl groups is 1. The van der Waals surface area contributed by atoms with Crippen molar-refractivity contribution in [1.82, 2.24) is 5.32 Å². The third-order valence-corrected chi connectivity index (χ3v) is 4.89. The summed E-state index contributed by atoms with van der Waals surface area (Å²) in [6, 6.07) is 3.65. The van der Waals surface area contributed by atoms with Gasteiger partial charge in [-0.05, 0) is 51.0 Å². The molecular weight excluding hydrogens is 461 g/mol. The molecule has 0 aromatic heterocycles. The molecule has 0 spiro atoms. The zero-order valence-corrected chi connectivity index (χ0v) is 18.3. The molecule has 0 aliphatic rings. The number of rotatable bonds is 7. The number of hydrogen-bond acceptors (Lipinski definition) is 3. The van der Waals surface area contributed by atoms with E-state index in [1.807, 2.05) is 33.8 Å². The number of carbonyl (C=O) groups excluding carboxylic acids is 1. The maximum atomic E-state index is 12.0. The first kappa shape index (κ1) is 21.9. The first-order valence-electron chi connectivity index (χ1n) is 7.68. The first-order chi connectivity index (χ1) is 11.0. The fraction of sp³-hybridized carbons (Fsp3) is 0.588. The zero-order valence-electron chi connectivity index (χ0n) is 14.3. The zero-order chi connectivity index (χ0) is 18.5. The molecule has 2 atom stereocenters. The van der Waals surface area contributed by atoms with Crippen molar-refractivity contribution in [1.29, 1.82) is 0 Å². The Bertz CT molecular complexity index is 552. The van der Waals surface area contributed by atoms with Crippen LogP contribution in [0.4, 0.5) is 0 Å². The van der Waals surface area contributed by atoms with Gasteiger partial charge in [0.1, 0.15) is 4.83 Å². The van der Waals surface area contributed by atoms with Gasteiger partial charge in [-0.2, -0.15) is 0 Å². The van der Waals surface area contributed by atoms with Gasteiger partial charge in [0.05, 0.1) is 18.3 Å². The predicted octanol–water partition coefficient (Wildman–Crippen LogP) is 4.01. The van der Waals surface area contributed by atoms with Crippen molar-refractivity contribution in [2.45, 2.75) is 50.6 Å². The van der Waals surface area contributed by atoms with Gasteiger partial charge < -0.3 is 15.2 Å². The molecule has 0 saturated heterocycles. The largest absolute Gasteiger partial charge is 0.391 e.